The molecule has 1 unspecified atom stereocenters. The Hall–Kier alpha value is -1.03. The van der Waals surface area contributed by atoms with Crippen LogP contribution >= 0.6 is 34.8 Å². The van der Waals surface area contributed by atoms with Crippen molar-refractivity contribution < 1.29 is 4.74 Å². The Morgan fingerprint density at radius 1 is 1.30 bits per heavy atom. The molecule has 2 aromatic rings. The lowest BCUT2D eigenvalue weighted by Crippen LogP contribution is -1.99. The largest absolute Gasteiger partial charge is 0.436 e. The number of rotatable bonds is 3. The molecule has 0 aliphatic heterocycles. The van der Waals surface area contributed by atoms with E-state index in [9.17, 15) is 0 Å². The SMILES string of the molecule is Cc1cccc(C2CC2(Cl)Cl)c1Oc1nnccc1Cl. The number of nitrogens with zero attached hydrogens (tertiary/aromatic N) is 2. The zero-order chi connectivity index (χ0) is 14.3. The number of alkyl halides is 2. The van der Waals surface area contributed by atoms with Crippen molar-refractivity contribution in [3.63, 3.8) is 0 Å². The van der Waals surface area contributed by atoms with Crippen LogP contribution in [0.2, 0.25) is 5.02 Å². The van der Waals surface area contributed by atoms with Crippen LogP contribution in [-0.2, 0) is 0 Å². The maximum Gasteiger partial charge on any atom is 0.257 e. The predicted octanol–water partition coefficient (Wildman–Crippen LogP) is 4.89. The predicted molar refractivity (Wildman–Crippen MR) is 80.1 cm³/mol. The molecular weight excluding hydrogens is 319 g/mol. The number of aryl methyl sites for hydroxylation is 1. The van der Waals surface area contributed by atoms with E-state index in [1.54, 1.807) is 6.07 Å². The van der Waals surface area contributed by atoms with Gasteiger partial charge >= 0.3 is 0 Å². The van der Waals surface area contributed by atoms with Crippen molar-refractivity contribution in [2.45, 2.75) is 23.6 Å². The lowest BCUT2D eigenvalue weighted by Gasteiger charge is -2.13. The molecule has 0 spiro atoms. The Morgan fingerprint density at radius 2 is 2.05 bits per heavy atom. The van der Waals surface area contributed by atoms with Crippen LogP contribution in [0.4, 0.5) is 0 Å². The average Bonchev–Trinajstić information content (AvgIpc) is 3.03. The molecule has 20 heavy (non-hydrogen) atoms. The Labute approximate surface area is 131 Å². The summed E-state index contributed by atoms with van der Waals surface area (Å²) >= 11 is 18.4. The van der Waals surface area contributed by atoms with E-state index in [2.05, 4.69) is 10.2 Å². The Kier molecular flexibility index (Phi) is 3.53. The third-order valence-corrected chi connectivity index (χ3v) is 4.41. The molecule has 1 fully saturated rings. The molecule has 3 nitrogen and oxygen atoms in total. The van der Waals surface area contributed by atoms with E-state index in [4.69, 9.17) is 39.5 Å². The minimum atomic E-state index is -0.710. The van der Waals surface area contributed by atoms with Gasteiger partial charge in [0.2, 0.25) is 0 Å². The number of aromatic nitrogens is 2. The number of hydrogen-bond donors (Lipinski definition) is 0. The first kappa shape index (κ1) is 13.9. The molecule has 0 bridgehead atoms. The fourth-order valence-corrected chi connectivity index (χ4v) is 2.79. The summed E-state index contributed by atoms with van der Waals surface area (Å²) in [6, 6.07) is 7.50. The van der Waals surface area contributed by atoms with Gasteiger partial charge in [-0.1, -0.05) is 29.8 Å². The minimum Gasteiger partial charge on any atom is -0.436 e. The van der Waals surface area contributed by atoms with E-state index in [1.807, 2.05) is 25.1 Å². The second-order valence-corrected chi connectivity index (χ2v) is 6.75. The molecule has 1 aromatic carbocycles. The zero-order valence-corrected chi connectivity index (χ0v) is 12.9. The highest BCUT2D eigenvalue weighted by Gasteiger charge is 2.53. The summed E-state index contributed by atoms with van der Waals surface area (Å²) in [4.78, 5) is 0. The fraction of sp³-hybridized carbons (Fsp3) is 0.286. The van der Waals surface area contributed by atoms with Gasteiger partial charge in [0.1, 0.15) is 15.1 Å². The Balaban J connectivity index is 1.99. The van der Waals surface area contributed by atoms with Crippen molar-refractivity contribution in [2.24, 2.45) is 0 Å². The van der Waals surface area contributed by atoms with E-state index in [0.717, 1.165) is 11.1 Å². The van der Waals surface area contributed by atoms with Crippen molar-refractivity contribution in [1.29, 1.82) is 0 Å². The van der Waals surface area contributed by atoms with E-state index < -0.39 is 4.33 Å². The van der Waals surface area contributed by atoms with Gasteiger partial charge < -0.3 is 4.74 Å². The van der Waals surface area contributed by atoms with Crippen molar-refractivity contribution in [2.75, 3.05) is 0 Å². The van der Waals surface area contributed by atoms with Crippen LogP contribution < -0.4 is 4.74 Å². The van der Waals surface area contributed by atoms with E-state index in [1.165, 1.54) is 6.20 Å². The third kappa shape index (κ3) is 2.58. The van der Waals surface area contributed by atoms with Gasteiger partial charge in [0, 0.05) is 11.5 Å². The zero-order valence-electron chi connectivity index (χ0n) is 10.6. The van der Waals surface area contributed by atoms with Gasteiger partial charge in [-0.25, -0.2) is 0 Å². The van der Waals surface area contributed by atoms with Crippen LogP contribution in [0.1, 0.15) is 23.5 Å². The monoisotopic (exact) mass is 328 g/mol. The maximum absolute atomic E-state index is 6.16. The summed E-state index contributed by atoms with van der Waals surface area (Å²) in [7, 11) is 0. The summed E-state index contributed by atoms with van der Waals surface area (Å²) < 4.78 is 5.13. The molecule has 1 aliphatic carbocycles. The smallest absolute Gasteiger partial charge is 0.257 e. The molecule has 3 rings (SSSR count). The summed E-state index contributed by atoms with van der Waals surface area (Å²) in [5.74, 6) is 1.04. The molecule has 104 valence electrons. The lowest BCUT2D eigenvalue weighted by atomic mass is 10.1. The molecule has 0 saturated heterocycles. The molecular formula is C14H11Cl3N2O. The quantitative estimate of drug-likeness (QED) is 0.752. The molecule has 1 saturated carbocycles. The molecule has 1 aromatic heterocycles. The van der Waals surface area contributed by atoms with Gasteiger partial charge in [-0.2, -0.15) is 5.10 Å². The molecule has 0 amide bonds. The van der Waals surface area contributed by atoms with E-state index in [-0.39, 0.29) is 11.8 Å². The maximum atomic E-state index is 6.16. The average molecular weight is 330 g/mol. The summed E-state index contributed by atoms with van der Waals surface area (Å²) in [5, 5.41) is 8.09. The standard InChI is InChI=1S/C14H11Cl3N2O/c1-8-3-2-4-9(10-7-14(10,16)17)12(8)20-13-11(15)5-6-18-19-13/h2-6,10H,7H2,1H3. The molecule has 0 N–H and O–H groups in total. The van der Waals surface area contributed by atoms with Crippen molar-refractivity contribution in [1.82, 2.24) is 10.2 Å². The second-order valence-electron chi connectivity index (χ2n) is 4.80. The van der Waals surface area contributed by atoms with Crippen molar-refractivity contribution >= 4 is 34.8 Å². The highest BCUT2D eigenvalue weighted by Crippen LogP contribution is 2.61. The molecule has 1 atom stereocenters. The highest BCUT2D eigenvalue weighted by atomic mass is 35.5. The summed E-state index contributed by atoms with van der Waals surface area (Å²) in [5.41, 5.74) is 1.94. The number of hydrogen-bond acceptors (Lipinski definition) is 3. The highest BCUT2D eigenvalue weighted by molar-refractivity contribution is 6.51. The normalized spacial score (nSPS) is 19.7. The number of benzene rings is 1. The van der Waals surface area contributed by atoms with Gasteiger partial charge in [0.25, 0.3) is 5.88 Å². The van der Waals surface area contributed by atoms with Crippen molar-refractivity contribution in [3.05, 3.63) is 46.6 Å². The van der Waals surface area contributed by atoms with Crippen LogP contribution in [-0.4, -0.2) is 14.5 Å². The third-order valence-electron chi connectivity index (χ3n) is 3.28. The second kappa shape index (κ2) is 5.06. The van der Waals surface area contributed by atoms with Gasteiger partial charge in [-0.15, -0.1) is 28.3 Å². The van der Waals surface area contributed by atoms with Crippen LogP contribution in [0.15, 0.2) is 30.5 Å². The van der Waals surface area contributed by atoms with Crippen LogP contribution in [0.3, 0.4) is 0 Å². The molecule has 1 heterocycles. The topological polar surface area (TPSA) is 35.0 Å². The first-order valence-corrected chi connectivity index (χ1v) is 7.25. The van der Waals surface area contributed by atoms with Crippen LogP contribution in [0, 0.1) is 6.92 Å². The van der Waals surface area contributed by atoms with E-state index >= 15 is 0 Å². The number of para-hydroxylation sites is 1. The summed E-state index contributed by atoms with van der Waals surface area (Å²) in [6.07, 6.45) is 2.22. The lowest BCUT2D eigenvalue weighted by molar-refractivity contribution is 0.446. The first-order valence-electron chi connectivity index (χ1n) is 6.11. The number of halogens is 3. The Morgan fingerprint density at radius 3 is 2.70 bits per heavy atom. The summed E-state index contributed by atoms with van der Waals surface area (Å²) in [6.45, 7) is 1.95. The molecule has 6 heteroatoms. The molecule has 1 aliphatic rings. The Bertz CT molecular complexity index is 661. The van der Waals surface area contributed by atoms with Crippen LogP contribution in [0.25, 0.3) is 0 Å². The van der Waals surface area contributed by atoms with Gasteiger partial charge in [-0.3, -0.25) is 0 Å². The van der Waals surface area contributed by atoms with Crippen molar-refractivity contribution in [3.8, 4) is 11.6 Å². The number of ether oxygens (including phenoxy) is 1. The van der Waals surface area contributed by atoms with Crippen LogP contribution in [0.5, 0.6) is 11.6 Å². The van der Waals surface area contributed by atoms with E-state index in [0.29, 0.717) is 17.2 Å². The van der Waals surface area contributed by atoms with Gasteiger partial charge in [0.05, 0.1) is 6.20 Å². The first-order chi connectivity index (χ1) is 9.49. The molecule has 0 radical (unpaired) electrons. The minimum absolute atomic E-state index is 0.0659. The van der Waals surface area contributed by atoms with Gasteiger partial charge in [-0.05, 0) is 25.0 Å². The van der Waals surface area contributed by atoms with Gasteiger partial charge in [0.15, 0.2) is 0 Å². The fourth-order valence-electron chi connectivity index (χ4n) is 2.11.